The van der Waals surface area contributed by atoms with Crippen molar-refractivity contribution in [2.45, 2.75) is 26.1 Å². The maximum Gasteiger partial charge on any atom is 0.296 e. The number of ether oxygens (including phenoxy) is 1. The van der Waals surface area contributed by atoms with Gasteiger partial charge in [0.2, 0.25) is 0 Å². The van der Waals surface area contributed by atoms with Crippen LogP contribution in [-0.4, -0.2) is 26.7 Å². The Morgan fingerprint density at radius 3 is 2.53 bits per heavy atom. The van der Waals surface area contributed by atoms with Crippen molar-refractivity contribution >= 4 is 28.8 Å². The van der Waals surface area contributed by atoms with Gasteiger partial charge in [-0.1, -0.05) is 42.5 Å². The third-order valence-corrected chi connectivity index (χ3v) is 6.96. The van der Waals surface area contributed by atoms with Gasteiger partial charge in [0, 0.05) is 16.6 Å². The van der Waals surface area contributed by atoms with Crippen LogP contribution in [0.1, 0.15) is 33.3 Å². The molecular weight excluding hydrogens is 472 g/mol. The number of Topliss-reactive ketones (excluding diaryl/α,β-unsaturated/α-hetero) is 1. The van der Waals surface area contributed by atoms with E-state index >= 15 is 0 Å². The maximum absolute atomic E-state index is 13.2. The predicted molar refractivity (Wildman–Crippen MR) is 138 cm³/mol. The van der Waals surface area contributed by atoms with Gasteiger partial charge in [0.05, 0.1) is 17.8 Å². The smallest absolute Gasteiger partial charge is 0.296 e. The number of carbonyl (C=O) groups excluding carboxylic acids is 2. The molecule has 1 aliphatic heterocycles. The molecule has 1 atom stereocenters. The van der Waals surface area contributed by atoms with Gasteiger partial charge in [0.1, 0.15) is 24.2 Å². The van der Waals surface area contributed by atoms with Crippen molar-refractivity contribution in [2.75, 3.05) is 0 Å². The molecule has 36 heavy (non-hydrogen) atoms. The first-order valence-electron chi connectivity index (χ1n) is 11.5. The van der Waals surface area contributed by atoms with E-state index in [2.05, 4.69) is 4.98 Å². The van der Waals surface area contributed by atoms with Crippen LogP contribution in [0.25, 0.3) is 5.76 Å². The van der Waals surface area contributed by atoms with Crippen LogP contribution in [0.3, 0.4) is 0 Å². The van der Waals surface area contributed by atoms with Crippen LogP contribution >= 0.6 is 11.3 Å². The van der Waals surface area contributed by atoms with E-state index in [9.17, 15) is 14.7 Å². The van der Waals surface area contributed by atoms with E-state index in [0.717, 1.165) is 16.0 Å². The van der Waals surface area contributed by atoms with Gasteiger partial charge in [-0.05, 0) is 59.8 Å². The Morgan fingerprint density at radius 2 is 1.83 bits per heavy atom. The minimum Gasteiger partial charge on any atom is -0.507 e. The zero-order chi connectivity index (χ0) is 25.1. The fraction of sp³-hybridized carbons (Fsp3) is 0.138. The van der Waals surface area contributed by atoms with Crippen molar-refractivity contribution in [3.05, 3.63) is 123 Å². The molecule has 0 saturated carbocycles. The van der Waals surface area contributed by atoms with E-state index in [1.165, 1.54) is 16.2 Å². The lowest BCUT2D eigenvalue weighted by atomic mass is 9.97. The molecule has 0 bridgehead atoms. The molecular formula is C29H24N2O4S. The summed E-state index contributed by atoms with van der Waals surface area (Å²) in [5, 5.41) is 13.2. The van der Waals surface area contributed by atoms with Gasteiger partial charge in [0.15, 0.2) is 0 Å². The molecule has 6 nitrogen and oxygen atoms in total. The summed E-state index contributed by atoms with van der Waals surface area (Å²) in [6.07, 6.45) is 1.61. The van der Waals surface area contributed by atoms with Crippen LogP contribution < -0.4 is 4.74 Å². The van der Waals surface area contributed by atoms with E-state index in [1.54, 1.807) is 42.6 Å². The average molecular weight is 497 g/mol. The zero-order valence-corrected chi connectivity index (χ0v) is 20.4. The highest BCUT2D eigenvalue weighted by Gasteiger charge is 2.46. The number of aliphatic hydroxyl groups excluding tert-OH is 1. The molecule has 1 aliphatic rings. The van der Waals surface area contributed by atoms with Crippen molar-refractivity contribution in [1.29, 1.82) is 0 Å². The number of benzene rings is 2. The second-order valence-corrected chi connectivity index (χ2v) is 9.55. The SMILES string of the molecule is Cc1cc(/C(O)=C2/C(=O)C(=O)N(Cc3cccs3)C2c2ccccn2)ccc1OCc1ccccc1. The van der Waals surface area contributed by atoms with Gasteiger partial charge >= 0.3 is 0 Å². The molecule has 1 amide bonds. The van der Waals surface area contributed by atoms with E-state index in [-0.39, 0.29) is 17.9 Å². The standard InChI is InChI=1S/C29H24N2O4S/c1-19-16-21(12-13-24(19)35-18-20-8-3-2-4-9-20)27(32)25-26(23-11-5-6-14-30-23)31(29(34)28(25)33)17-22-10-7-15-36-22/h2-16,26,32H,17-18H2,1H3/b27-25-. The first kappa shape index (κ1) is 23.5. The molecule has 1 saturated heterocycles. The van der Waals surface area contributed by atoms with Crippen molar-refractivity contribution in [2.24, 2.45) is 0 Å². The van der Waals surface area contributed by atoms with Gasteiger partial charge in [-0.25, -0.2) is 0 Å². The van der Waals surface area contributed by atoms with Crippen molar-refractivity contribution in [1.82, 2.24) is 9.88 Å². The van der Waals surface area contributed by atoms with Crippen LogP contribution in [0, 0.1) is 6.92 Å². The van der Waals surface area contributed by atoms with Gasteiger partial charge < -0.3 is 14.7 Å². The summed E-state index contributed by atoms with van der Waals surface area (Å²) >= 11 is 1.50. The van der Waals surface area contributed by atoms with Gasteiger partial charge in [0.25, 0.3) is 11.7 Å². The minimum atomic E-state index is -0.789. The number of aromatic nitrogens is 1. The van der Waals surface area contributed by atoms with Crippen LogP contribution in [0.5, 0.6) is 5.75 Å². The summed E-state index contributed by atoms with van der Waals surface area (Å²) in [6, 6.07) is 23.4. The monoisotopic (exact) mass is 496 g/mol. The molecule has 2 aromatic heterocycles. The van der Waals surface area contributed by atoms with E-state index < -0.39 is 17.7 Å². The lowest BCUT2D eigenvalue weighted by Gasteiger charge is -2.24. The summed E-state index contributed by atoms with van der Waals surface area (Å²) in [5.74, 6) is -0.924. The number of likely N-dealkylation sites (tertiary alicyclic amines) is 1. The summed E-state index contributed by atoms with van der Waals surface area (Å²) in [6.45, 7) is 2.55. The topological polar surface area (TPSA) is 79.7 Å². The third-order valence-electron chi connectivity index (χ3n) is 6.10. The minimum absolute atomic E-state index is 0.0348. The summed E-state index contributed by atoms with van der Waals surface area (Å²) < 4.78 is 5.95. The molecule has 4 aromatic rings. The highest BCUT2D eigenvalue weighted by molar-refractivity contribution is 7.09. The normalized spacial score (nSPS) is 16.9. The highest BCUT2D eigenvalue weighted by atomic mass is 32.1. The van der Waals surface area contributed by atoms with Gasteiger partial charge in [-0.2, -0.15) is 0 Å². The first-order chi connectivity index (χ1) is 17.5. The number of nitrogens with zero attached hydrogens (tertiary/aromatic N) is 2. The van der Waals surface area contributed by atoms with Crippen molar-refractivity contribution in [3.63, 3.8) is 0 Å². The molecule has 7 heteroatoms. The zero-order valence-electron chi connectivity index (χ0n) is 19.6. The van der Waals surface area contributed by atoms with Gasteiger partial charge in [-0.15, -0.1) is 11.3 Å². The number of rotatable bonds is 7. The number of aryl methyl sites for hydroxylation is 1. The average Bonchev–Trinajstić information content (AvgIpc) is 3.51. The Balaban J connectivity index is 1.50. The molecule has 5 rings (SSSR count). The molecule has 3 heterocycles. The molecule has 2 aromatic carbocycles. The van der Waals surface area contributed by atoms with E-state index in [4.69, 9.17) is 4.74 Å². The Bertz CT molecular complexity index is 1420. The fourth-order valence-corrected chi connectivity index (χ4v) is 5.01. The van der Waals surface area contributed by atoms with Crippen molar-refractivity contribution in [3.8, 4) is 5.75 Å². The molecule has 1 unspecified atom stereocenters. The lowest BCUT2D eigenvalue weighted by molar-refractivity contribution is -0.140. The Hall–Kier alpha value is -4.23. The number of hydrogen-bond acceptors (Lipinski definition) is 6. The van der Waals surface area contributed by atoms with E-state index in [1.807, 2.05) is 54.8 Å². The molecule has 1 fully saturated rings. The highest BCUT2D eigenvalue weighted by Crippen LogP contribution is 2.40. The largest absolute Gasteiger partial charge is 0.507 e. The fourth-order valence-electron chi connectivity index (χ4n) is 4.31. The van der Waals surface area contributed by atoms with Crippen molar-refractivity contribution < 1.29 is 19.4 Å². The number of amides is 1. The second kappa shape index (κ2) is 10.2. The quantitative estimate of drug-likeness (QED) is 0.203. The first-order valence-corrected chi connectivity index (χ1v) is 12.4. The van der Waals surface area contributed by atoms with Crippen LogP contribution in [0.2, 0.25) is 0 Å². The number of pyridine rings is 1. The Labute approximate surface area is 213 Å². The van der Waals surface area contributed by atoms with Gasteiger partial charge in [-0.3, -0.25) is 14.6 Å². The molecule has 0 radical (unpaired) electrons. The Kier molecular flexibility index (Phi) is 6.64. The summed E-state index contributed by atoms with van der Waals surface area (Å²) in [4.78, 5) is 33.1. The number of thiophene rings is 1. The van der Waals surface area contributed by atoms with Crippen LogP contribution in [-0.2, 0) is 22.7 Å². The second-order valence-electron chi connectivity index (χ2n) is 8.52. The number of hydrogen-bond donors (Lipinski definition) is 1. The number of aliphatic hydroxyl groups is 1. The molecule has 1 N–H and O–H groups in total. The molecule has 180 valence electrons. The number of carbonyl (C=O) groups is 2. The summed E-state index contributed by atoms with van der Waals surface area (Å²) in [5.41, 5.74) is 2.85. The Morgan fingerprint density at radius 1 is 1.03 bits per heavy atom. The third kappa shape index (κ3) is 4.65. The predicted octanol–water partition coefficient (Wildman–Crippen LogP) is 5.65. The molecule has 0 aliphatic carbocycles. The molecule has 0 spiro atoms. The van der Waals surface area contributed by atoms with E-state index in [0.29, 0.717) is 23.6 Å². The maximum atomic E-state index is 13.2. The van der Waals surface area contributed by atoms with Crippen LogP contribution in [0.15, 0.2) is 96.0 Å². The summed E-state index contributed by atoms with van der Waals surface area (Å²) in [7, 11) is 0. The lowest BCUT2D eigenvalue weighted by Crippen LogP contribution is -2.29. The van der Waals surface area contributed by atoms with Crippen LogP contribution in [0.4, 0.5) is 0 Å². The number of ketones is 1.